The first-order valence-electron chi connectivity index (χ1n) is 11.3. The van der Waals surface area contributed by atoms with Crippen LogP contribution in [0.15, 0.2) is 12.3 Å². The number of hydrogen-bond donors (Lipinski definition) is 1. The molecule has 1 N–H and O–H groups in total. The summed E-state index contributed by atoms with van der Waals surface area (Å²) in [6.07, 6.45) is 6.24. The molecule has 0 radical (unpaired) electrons. The van der Waals surface area contributed by atoms with E-state index in [1.54, 1.807) is 24.9 Å². The lowest BCUT2D eigenvalue weighted by Gasteiger charge is -2.32. The topological polar surface area (TPSA) is 97.8 Å². The van der Waals surface area contributed by atoms with E-state index < -0.39 is 15.3 Å². The van der Waals surface area contributed by atoms with Crippen LogP contribution in [0.4, 0.5) is 0 Å². The number of hydrogen-bond acceptors (Lipinski definition) is 6. The summed E-state index contributed by atoms with van der Waals surface area (Å²) < 4.78 is 39.9. The average molecular weight is 452 g/mol. The predicted octanol–water partition coefficient (Wildman–Crippen LogP) is 2.12. The Morgan fingerprint density at radius 1 is 1.19 bits per heavy atom. The average Bonchev–Trinajstić information content (AvgIpc) is 3.12. The Morgan fingerprint density at radius 2 is 1.94 bits per heavy atom. The standard InChI is InChI=1S/C22H33N3O5S/c1-14(2)31(27,28)24-18-9-11-25-19(18)12-29-17-6-4-16(5-7-17)21-15(3)8-10-23-22(21)30-13-20(25)26/h8,10,14,16-19,24H,4-7,9,11-13H2,1-3H3/t16-,17+,18?,19-/m0/s1. The molecule has 172 valence electrons. The van der Waals surface area contributed by atoms with E-state index in [-0.39, 0.29) is 30.7 Å². The lowest BCUT2D eigenvalue weighted by molar-refractivity contribution is -0.136. The van der Waals surface area contributed by atoms with Crippen molar-refractivity contribution in [1.29, 1.82) is 0 Å². The molecule has 31 heavy (non-hydrogen) atoms. The van der Waals surface area contributed by atoms with E-state index in [0.29, 0.717) is 31.4 Å². The maximum absolute atomic E-state index is 13.1. The maximum atomic E-state index is 13.1. The number of aromatic nitrogens is 1. The first-order chi connectivity index (χ1) is 14.8. The summed E-state index contributed by atoms with van der Waals surface area (Å²) in [7, 11) is -3.45. The first-order valence-corrected chi connectivity index (χ1v) is 12.8. The van der Waals surface area contributed by atoms with Crippen molar-refractivity contribution in [1.82, 2.24) is 14.6 Å². The van der Waals surface area contributed by atoms with Crippen molar-refractivity contribution in [3.8, 4) is 5.88 Å². The number of nitrogens with zero attached hydrogens (tertiary/aromatic N) is 2. The molecule has 8 nitrogen and oxygen atoms in total. The SMILES string of the molecule is Cc1ccnc2c1[C@H]1CC[C@H](CC1)OC[C@H]1C(NS(=O)(=O)C(C)C)CCN1C(=O)CO2. The molecule has 0 spiro atoms. The summed E-state index contributed by atoms with van der Waals surface area (Å²) in [6.45, 7) is 6.06. The number of nitrogens with one attached hydrogen (secondary N) is 1. The van der Waals surface area contributed by atoms with E-state index >= 15 is 0 Å². The van der Waals surface area contributed by atoms with Crippen molar-refractivity contribution in [2.24, 2.45) is 0 Å². The molecule has 9 heteroatoms. The number of carbonyl (C=O) groups excluding carboxylic acids is 1. The second-order valence-electron chi connectivity index (χ2n) is 9.20. The second kappa shape index (κ2) is 9.03. The molecule has 1 amide bonds. The van der Waals surface area contributed by atoms with Gasteiger partial charge in [0.15, 0.2) is 6.61 Å². The van der Waals surface area contributed by atoms with Crippen molar-refractivity contribution in [2.45, 2.75) is 82.2 Å². The van der Waals surface area contributed by atoms with Crippen molar-refractivity contribution in [2.75, 3.05) is 19.8 Å². The van der Waals surface area contributed by atoms with Crippen LogP contribution in [0.25, 0.3) is 0 Å². The third-order valence-electron chi connectivity index (χ3n) is 6.89. The normalized spacial score (nSPS) is 29.5. The van der Waals surface area contributed by atoms with E-state index in [2.05, 4.69) is 16.6 Å². The van der Waals surface area contributed by atoms with Gasteiger partial charge in [-0.05, 0) is 70.4 Å². The molecule has 2 bridgehead atoms. The van der Waals surface area contributed by atoms with Gasteiger partial charge in [0.05, 0.1) is 24.0 Å². The van der Waals surface area contributed by atoms with Crippen LogP contribution < -0.4 is 9.46 Å². The molecule has 4 heterocycles. The molecule has 2 fully saturated rings. The van der Waals surface area contributed by atoms with Crippen LogP contribution in [0.2, 0.25) is 0 Å². The third-order valence-corrected chi connectivity index (χ3v) is 8.76. The molecule has 2 atom stereocenters. The van der Waals surface area contributed by atoms with Crippen LogP contribution in [0, 0.1) is 6.92 Å². The van der Waals surface area contributed by atoms with Gasteiger partial charge in [-0.25, -0.2) is 18.1 Å². The Hall–Kier alpha value is -1.71. The van der Waals surface area contributed by atoms with Crippen LogP contribution in [0.3, 0.4) is 0 Å². The number of carbonyl (C=O) groups is 1. The molecule has 1 aliphatic carbocycles. The van der Waals surface area contributed by atoms with Gasteiger partial charge >= 0.3 is 0 Å². The highest BCUT2D eigenvalue weighted by atomic mass is 32.2. The molecule has 4 aliphatic rings. The van der Waals surface area contributed by atoms with Crippen LogP contribution in [0.5, 0.6) is 5.88 Å². The highest BCUT2D eigenvalue weighted by Gasteiger charge is 2.41. The Kier molecular flexibility index (Phi) is 6.55. The smallest absolute Gasteiger partial charge is 0.260 e. The Bertz CT molecular complexity index is 912. The highest BCUT2D eigenvalue weighted by Crippen LogP contribution is 2.39. The van der Waals surface area contributed by atoms with Gasteiger partial charge in [0.1, 0.15) is 0 Å². The summed E-state index contributed by atoms with van der Waals surface area (Å²) in [5.74, 6) is 0.732. The Labute approximate surface area is 184 Å². The minimum Gasteiger partial charge on any atom is -0.467 e. The van der Waals surface area contributed by atoms with Crippen molar-refractivity contribution < 1.29 is 22.7 Å². The lowest BCUT2D eigenvalue weighted by atomic mass is 9.81. The molecule has 1 unspecified atom stereocenters. The van der Waals surface area contributed by atoms with Gasteiger partial charge < -0.3 is 14.4 Å². The van der Waals surface area contributed by atoms with Gasteiger partial charge in [0.2, 0.25) is 15.9 Å². The molecule has 1 saturated heterocycles. The largest absolute Gasteiger partial charge is 0.467 e. The van der Waals surface area contributed by atoms with Gasteiger partial charge in [-0.15, -0.1) is 0 Å². The molecule has 1 aromatic rings. The number of ether oxygens (including phenoxy) is 2. The zero-order chi connectivity index (χ0) is 22.2. The second-order valence-corrected chi connectivity index (χ2v) is 11.5. The van der Waals surface area contributed by atoms with Gasteiger partial charge in [0, 0.05) is 24.3 Å². The first kappa shape index (κ1) is 22.5. The van der Waals surface area contributed by atoms with Crippen molar-refractivity contribution in [3.63, 3.8) is 0 Å². The van der Waals surface area contributed by atoms with E-state index in [1.165, 1.54) is 0 Å². The Morgan fingerprint density at radius 3 is 2.65 bits per heavy atom. The van der Waals surface area contributed by atoms with E-state index in [1.807, 2.05) is 6.07 Å². The Balaban J connectivity index is 1.60. The van der Waals surface area contributed by atoms with Gasteiger partial charge in [-0.2, -0.15) is 0 Å². The number of fused-ring (bicyclic) bond motifs is 5. The minimum absolute atomic E-state index is 0.111. The molecular weight excluding hydrogens is 418 g/mol. The molecule has 0 aromatic carbocycles. The molecule has 1 aromatic heterocycles. The van der Waals surface area contributed by atoms with E-state index in [4.69, 9.17) is 9.47 Å². The van der Waals surface area contributed by atoms with Crippen LogP contribution in [0.1, 0.15) is 63.0 Å². The van der Waals surface area contributed by atoms with Gasteiger partial charge in [0.25, 0.3) is 5.91 Å². The molecule has 1 saturated carbocycles. The summed E-state index contributed by atoms with van der Waals surface area (Å²) in [6, 6.07) is 1.30. The van der Waals surface area contributed by atoms with Crippen molar-refractivity contribution >= 4 is 15.9 Å². The fourth-order valence-electron chi connectivity index (χ4n) is 4.98. The number of pyridine rings is 1. The van der Waals surface area contributed by atoms with E-state index in [9.17, 15) is 13.2 Å². The number of amides is 1. The fourth-order valence-corrected chi connectivity index (χ4v) is 5.95. The highest BCUT2D eigenvalue weighted by molar-refractivity contribution is 7.90. The fraction of sp³-hybridized carbons (Fsp3) is 0.727. The number of sulfonamides is 1. The molecule has 5 rings (SSSR count). The van der Waals surface area contributed by atoms with Gasteiger partial charge in [-0.3, -0.25) is 4.79 Å². The zero-order valence-corrected chi connectivity index (χ0v) is 19.4. The quantitative estimate of drug-likeness (QED) is 0.756. The van der Waals surface area contributed by atoms with Crippen LogP contribution >= 0.6 is 0 Å². The maximum Gasteiger partial charge on any atom is 0.260 e. The van der Waals surface area contributed by atoms with Crippen LogP contribution in [-0.4, -0.2) is 67.4 Å². The molecule has 3 aliphatic heterocycles. The number of aryl methyl sites for hydroxylation is 1. The monoisotopic (exact) mass is 451 g/mol. The minimum atomic E-state index is -3.45. The summed E-state index contributed by atoms with van der Waals surface area (Å²) in [5.41, 5.74) is 2.24. The number of rotatable bonds is 3. The zero-order valence-electron chi connectivity index (χ0n) is 18.5. The summed E-state index contributed by atoms with van der Waals surface area (Å²) in [5, 5.41) is -0.530. The lowest BCUT2D eigenvalue weighted by Crippen LogP contribution is -2.51. The van der Waals surface area contributed by atoms with Gasteiger partial charge in [-0.1, -0.05) is 0 Å². The summed E-state index contributed by atoms with van der Waals surface area (Å²) >= 11 is 0. The predicted molar refractivity (Wildman–Crippen MR) is 117 cm³/mol. The summed E-state index contributed by atoms with van der Waals surface area (Å²) in [4.78, 5) is 19.2. The molecular formula is C22H33N3O5S. The van der Waals surface area contributed by atoms with E-state index in [0.717, 1.165) is 36.8 Å². The van der Waals surface area contributed by atoms with Crippen molar-refractivity contribution in [3.05, 3.63) is 23.4 Å². The third kappa shape index (κ3) is 4.73. The van der Waals surface area contributed by atoms with Crippen LogP contribution in [-0.2, 0) is 19.6 Å².